The molecule has 0 saturated carbocycles. The first kappa shape index (κ1) is 12.9. The van der Waals surface area contributed by atoms with Gasteiger partial charge in [0.25, 0.3) is 0 Å². The second-order valence-electron chi connectivity index (χ2n) is 4.90. The molecule has 94 valence electrons. The molecule has 1 atom stereocenters. The van der Waals surface area contributed by atoms with Gasteiger partial charge in [0, 0.05) is 24.3 Å². The summed E-state index contributed by atoms with van der Waals surface area (Å²) < 4.78 is 5.37. The highest BCUT2D eigenvalue weighted by molar-refractivity contribution is 6.30. The fourth-order valence-electron chi connectivity index (χ4n) is 2.48. The first-order chi connectivity index (χ1) is 8.16. The Kier molecular flexibility index (Phi) is 4.43. The van der Waals surface area contributed by atoms with Gasteiger partial charge in [-0.25, -0.2) is 0 Å². The third-order valence-corrected chi connectivity index (χ3v) is 3.80. The SMILES string of the molecule is Cc1ccc(Cl)cc1C(N)CC1CCOCC1. The van der Waals surface area contributed by atoms with Crippen LogP contribution in [0.25, 0.3) is 0 Å². The Morgan fingerprint density at radius 3 is 2.82 bits per heavy atom. The first-order valence-corrected chi connectivity index (χ1v) is 6.64. The van der Waals surface area contributed by atoms with Gasteiger partial charge in [-0.05, 0) is 55.4 Å². The predicted molar refractivity (Wildman–Crippen MR) is 71.3 cm³/mol. The molecule has 0 radical (unpaired) electrons. The van der Waals surface area contributed by atoms with Crippen LogP contribution in [0.2, 0.25) is 5.02 Å². The lowest BCUT2D eigenvalue weighted by atomic mass is 9.88. The quantitative estimate of drug-likeness (QED) is 0.895. The second kappa shape index (κ2) is 5.85. The lowest BCUT2D eigenvalue weighted by Gasteiger charge is -2.25. The summed E-state index contributed by atoms with van der Waals surface area (Å²) in [4.78, 5) is 0. The zero-order valence-electron chi connectivity index (χ0n) is 10.3. The molecule has 0 aromatic heterocycles. The highest BCUT2D eigenvalue weighted by Gasteiger charge is 2.19. The Hall–Kier alpha value is -0.570. The van der Waals surface area contributed by atoms with E-state index in [2.05, 4.69) is 6.92 Å². The summed E-state index contributed by atoms with van der Waals surface area (Å²) >= 11 is 6.03. The third-order valence-electron chi connectivity index (χ3n) is 3.57. The maximum atomic E-state index is 6.30. The Labute approximate surface area is 108 Å². The normalized spacial score (nSPS) is 19.2. The summed E-state index contributed by atoms with van der Waals surface area (Å²) in [6.45, 7) is 3.85. The fraction of sp³-hybridized carbons (Fsp3) is 0.571. The molecule has 0 aliphatic carbocycles. The average molecular weight is 254 g/mol. The maximum absolute atomic E-state index is 6.30. The molecule has 0 bridgehead atoms. The predicted octanol–water partition coefficient (Wildman–Crippen LogP) is 3.46. The topological polar surface area (TPSA) is 35.2 Å². The molecule has 2 N–H and O–H groups in total. The molecule has 1 saturated heterocycles. The molecule has 2 rings (SSSR count). The molecule has 1 aliphatic rings. The minimum Gasteiger partial charge on any atom is -0.381 e. The van der Waals surface area contributed by atoms with Crippen molar-refractivity contribution in [2.45, 2.75) is 32.2 Å². The van der Waals surface area contributed by atoms with E-state index < -0.39 is 0 Å². The smallest absolute Gasteiger partial charge is 0.0468 e. The van der Waals surface area contributed by atoms with Gasteiger partial charge in [-0.15, -0.1) is 0 Å². The van der Waals surface area contributed by atoms with Crippen molar-refractivity contribution >= 4 is 11.6 Å². The Bertz CT molecular complexity index is 374. The van der Waals surface area contributed by atoms with Crippen molar-refractivity contribution in [3.8, 4) is 0 Å². The van der Waals surface area contributed by atoms with Gasteiger partial charge < -0.3 is 10.5 Å². The number of benzene rings is 1. The number of rotatable bonds is 3. The Morgan fingerprint density at radius 2 is 2.12 bits per heavy atom. The van der Waals surface area contributed by atoms with Crippen LogP contribution >= 0.6 is 11.6 Å². The minimum absolute atomic E-state index is 0.0943. The molecule has 1 unspecified atom stereocenters. The minimum atomic E-state index is 0.0943. The molecule has 1 fully saturated rings. The van der Waals surface area contributed by atoms with E-state index in [1.165, 1.54) is 11.1 Å². The van der Waals surface area contributed by atoms with Crippen molar-refractivity contribution in [1.29, 1.82) is 0 Å². The van der Waals surface area contributed by atoms with E-state index in [4.69, 9.17) is 22.1 Å². The summed E-state index contributed by atoms with van der Waals surface area (Å²) in [5.41, 5.74) is 8.71. The second-order valence-corrected chi connectivity index (χ2v) is 5.34. The Morgan fingerprint density at radius 1 is 1.41 bits per heavy atom. The molecule has 0 spiro atoms. The van der Waals surface area contributed by atoms with Crippen molar-refractivity contribution in [3.05, 3.63) is 34.3 Å². The van der Waals surface area contributed by atoms with Crippen LogP contribution in [0.5, 0.6) is 0 Å². The fourth-order valence-corrected chi connectivity index (χ4v) is 2.66. The highest BCUT2D eigenvalue weighted by atomic mass is 35.5. The average Bonchev–Trinajstić information content (AvgIpc) is 2.33. The molecule has 17 heavy (non-hydrogen) atoms. The zero-order valence-corrected chi connectivity index (χ0v) is 11.0. The number of halogens is 1. The van der Waals surface area contributed by atoms with Gasteiger partial charge >= 0.3 is 0 Å². The lowest BCUT2D eigenvalue weighted by molar-refractivity contribution is 0.0618. The summed E-state index contributed by atoms with van der Waals surface area (Å²) in [5.74, 6) is 0.692. The van der Waals surface area contributed by atoms with Crippen LogP contribution in [-0.2, 0) is 4.74 Å². The van der Waals surface area contributed by atoms with Crippen LogP contribution in [0.3, 0.4) is 0 Å². The van der Waals surface area contributed by atoms with Crippen LogP contribution in [0.1, 0.15) is 36.4 Å². The van der Waals surface area contributed by atoms with Crippen LogP contribution in [0, 0.1) is 12.8 Å². The third kappa shape index (κ3) is 3.44. The highest BCUT2D eigenvalue weighted by Crippen LogP contribution is 2.29. The number of hydrogen-bond donors (Lipinski definition) is 1. The number of ether oxygens (including phenoxy) is 1. The van der Waals surface area contributed by atoms with Crippen LogP contribution in [0.4, 0.5) is 0 Å². The van der Waals surface area contributed by atoms with Gasteiger partial charge in [-0.2, -0.15) is 0 Å². The zero-order chi connectivity index (χ0) is 12.3. The first-order valence-electron chi connectivity index (χ1n) is 6.26. The maximum Gasteiger partial charge on any atom is 0.0468 e. The van der Waals surface area contributed by atoms with Gasteiger partial charge in [0.1, 0.15) is 0 Å². The molecule has 2 nitrogen and oxygen atoms in total. The summed E-state index contributed by atoms with van der Waals surface area (Å²) in [7, 11) is 0. The van der Waals surface area contributed by atoms with E-state index in [1.807, 2.05) is 18.2 Å². The molecule has 1 aliphatic heterocycles. The van der Waals surface area contributed by atoms with Crippen molar-refractivity contribution in [1.82, 2.24) is 0 Å². The van der Waals surface area contributed by atoms with Gasteiger partial charge in [0.05, 0.1) is 0 Å². The number of nitrogens with two attached hydrogens (primary N) is 1. The van der Waals surface area contributed by atoms with E-state index in [9.17, 15) is 0 Å². The van der Waals surface area contributed by atoms with Crippen LogP contribution in [-0.4, -0.2) is 13.2 Å². The monoisotopic (exact) mass is 253 g/mol. The van der Waals surface area contributed by atoms with Crippen molar-refractivity contribution in [2.24, 2.45) is 11.7 Å². The number of hydrogen-bond acceptors (Lipinski definition) is 2. The summed E-state index contributed by atoms with van der Waals surface area (Å²) in [6, 6.07) is 6.06. The summed E-state index contributed by atoms with van der Waals surface area (Å²) in [6.07, 6.45) is 3.30. The number of aryl methyl sites for hydroxylation is 1. The van der Waals surface area contributed by atoms with E-state index in [1.54, 1.807) is 0 Å². The van der Waals surface area contributed by atoms with E-state index in [0.717, 1.165) is 37.5 Å². The molecule has 1 aromatic rings. The molecule has 0 amide bonds. The van der Waals surface area contributed by atoms with Crippen LogP contribution in [0.15, 0.2) is 18.2 Å². The lowest BCUT2D eigenvalue weighted by Crippen LogP contribution is -2.22. The van der Waals surface area contributed by atoms with E-state index in [0.29, 0.717) is 5.92 Å². The van der Waals surface area contributed by atoms with Crippen molar-refractivity contribution in [2.75, 3.05) is 13.2 Å². The standard InChI is InChI=1S/C14H20ClNO/c1-10-2-3-12(15)9-13(10)14(16)8-11-4-6-17-7-5-11/h2-3,9,11,14H,4-8,16H2,1H3. The van der Waals surface area contributed by atoms with Gasteiger partial charge in [-0.3, -0.25) is 0 Å². The van der Waals surface area contributed by atoms with Gasteiger partial charge in [-0.1, -0.05) is 17.7 Å². The largest absolute Gasteiger partial charge is 0.381 e. The van der Waals surface area contributed by atoms with Crippen LogP contribution < -0.4 is 5.73 Å². The Balaban J connectivity index is 2.02. The van der Waals surface area contributed by atoms with Crippen molar-refractivity contribution < 1.29 is 4.74 Å². The molecule has 1 aromatic carbocycles. The molecular formula is C14H20ClNO. The van der Waals surface area contributed by atoms with E-state index >= 15 is 0 Å². The van der Waals surface area contributed by atoms with Gasteiger partial charge in [0.2, 0.25) is 0 Å². The van der Waals surface area contributed by atoms with E-state index in [-0.39, 0.29) is 6.04 Å². The van der Waals surface area contributed by atoms with Gasteiger partial charge in [0.15, 0.2) is 0 Å². The van der Waals surface area contributed by atoms with Crippen molar-refractivity contribution in [3.63, 3.8) is 0 Å². The molecule has 3 heteroatoms. The summed E-state index contributed by atoms with van der Waals surface area (Å²) in [5, 5.41) is 0.771. The molecule has 1 heterocycles. The molecular weight excluding hydrogens is 234 g/mol.